The molecule has 0 aliphatic carbocycles. The Kier molecular flexibility index (Phi) is 7.55. The summed E-state index contributed by atoms with van der Waals surface area (Å²) in [7, 11) is 0. The lowest BCUT2D eigenvalue weighted by atomic mass is 9.95. The number of benzene rings is 2. The fourth-order valence-electron chi connectivity index (χ4n) is 4.20. The first-order chi connectivity index (χ1) is 16.1. The molecule has 0 bridgehead atoms. The van der Waals surface area contributed by atoms with E-state index in [2.05, 4.69) is 51.4 Å². The molecular formula is C27H32N4O2. The molecule has 2 heterocycles. The zero-order valence-electron chi connectivity index (χ0n) is 19.4. The molecule has 1 aromatic heterocycles. The number of piperidine rings is 1. The molecule has 1 atom stereocenters. The van der Waals surface area contributed by atoms with E-state index in [1.54, 1.807) is 12.4 Å². The van der Waals surface area contributed by atoms with E-state index in [1.165, 1.54) is 5.56 Å². The molecule has 4 rings (SSSR count). The zero-order valence-corrected chi connectivity index (χ0v) is 19.4. The fraction of sp³-hybridized carbons (Fsp3) is 0.370. The third-order valence-corrected chi connectivity index (χ3v) is 6.21. The van der Waals surface area contributed by atoms with Gasteiger partial charge in [0.15, 0.2) is 5.82 Å². The Labute approximate surface area is 196 Å². The smallest absolute Gasteiger partial charge is 0.263 e. The molecule has 1 aliphatic rings. The van der Waals surface area contributed by atoms with E-state index in [0.717, 1.165) is 55.9 Å². The molecule has 6 heteroatoms. The lowest BCUT2D eigenvalue weighted by Gasteiger charge is -2.33. The van der Waals surface area contributed by atoms with E-state index in [0.29, 0.717) is 5.88 Å². The number of rotatable bonds is 8. The number of nitrogens with one attached hydrogen (secondary N) is 1. The second kappa shape index (κ2) is 10.9. The SMILES string of the molecule is Cc1ccccc1Oc1nccnc1N1CCC(C(=O)NC(C)CCc2ccccc2)CC1. The summed E-state index contributed by atoms with van der Waals surface area (Å²) in [6, 6.07) is 18.4. The summed E-state index contributed by atoms with van der Waals surface area (Å²) >= 11 is 0. The van der Waals surface area contributed by atoms with Crippen molar-refractivity contribution in [3.63, 3.8) is 0 Å². The van der Waals surface area contributed by atoms with Crippen molar-refractivity contribution in [3.05, 3.63) is 78.1 Å². The van der Waals surface area contributed by atoms with Gasteiger partial charge in [-0.25, -0.2) is 9.97 Å². The van der Waals surface area contributed by atoms with Gasteiger partial charge in [-0.15, -0.1) is 0 Å². The second-order valence-corrected chi connectivity index (χ2v) is 8.75. The minimum absolute atomic E-state index is 0.0258. The Hall–Kier alpha value is -3.41. The van der Waals surface area contributed by atoms with Gasteiger partial charge in [-0.2, -0.15) is 0 Å². The molecule has 1 unspecified atom stereocenters. The summed E-state index contributed by atoms with van der Waals surface area (Å²) < 4.78 is 6.09. The highest BCUT2D eigenvalue weighted by molar-refractivity contribution is 5.79. The van der Waals surface area contributed by atoms with Gasteiger partial charge in [0, 0.05) is 37.4 Å². The maximum Gasteiger partial charge on any atom is 0.263 e. The van der Waals surface area contributed by atoms with Crippen molar-refractivity contribution in [1.29, 1.82) is 0 Å². The van der Waals surface area contributed by atoms with Gasteiger partial charge in [-0.05, 0) is 56.7 Å². The Balaban J connectivity index is 1.30. The highest BCUT2D eigenvalue weighted by Gasteiger charge is 2.28. The van der Waals surface area contributed by atoms with Gasteiger partial charge in [0.25, 0.3) is 5.88 Å². The summed E-state index contributed by atoms with van der Waals surface area (Å²) in [5.74, 6) is 2.20. The average Bonchev–Trinajstić information content (AvgIpc) is 2.85. The average molecular weight is 445 g/mol. The van der Waals surface area contributed by atoms with Crippen molar-refractivity contribution in [1.82, 2.24) is 15.3 Å². The molecule has 0 saturated carbocycles. The topological polar surface area (TPSA) is 67.4 Å². The maximum atomic E-state index is 12.8. The van der Waals surface area contributed by atoms with Crippen LogP contribution >= 0.6 is 0 Å². The summed E-state index contributed by atoms with van der Waals surface area (Å²) in [5, 5.41) is 3.21. The number of amides is 1. The summed E-state index contributed by atoms with van der Waals surface area (Å²) in [6.07, 6.45) is 6.82. The summed E-state index contributed by atoms with van der Waals surface area (Å²) in [5.41, 5.74) is 2.35. The van der Waals surface area contributed by atoms with E-state index in [4.69, 9.17) is 4.74 Å². The number of aryl methyl sites for hydroxylation is 2. The van der Waals surface area contributed by atoms with Crippen molar-refractivity contribution in [2.45, 2.75) is 45.6 Å². The number of aromatic nitrogens is 2. The van der Waals surface area contributed by atoms with E-state index < -0.39 is 0 Å². The van der Waals surface area contributed by atoms with Crippen LogP contribution < -0.4 is 15.0 Å². The molecule has 0 spiro atoms. The number of hydrogen-bond donors (Lipinski definition) is 1. The molecule has 1 fully saturated rings. The highest BCUT2D eigenvalue weighted by atomic mass is 16.5. The van der Waals surface area contributed by atoms with Crippen LogP contribution in [0.3, 0.4) is 0 Å². The van der Waals surface area contributed by atoms with Gasteiger partial charge < -0.3 is 15.0 Å². The van der Waals surface area contributed by atoms with Crippen LogP contribution in [0.4, 0.5) is 5.82 Å². The first kappa shape index (κ1) is 22.8. The third kappa shape index (κ3) is 6.09. The van der Waals surface area contributed by atoms with Gasteiger partial charge in [0.2, 0.25) is 5.91 Å². The van der Waals surface area contributed by atoms with Crippen LogP contribution in [0.25, 0.3) is 0 Å². The Bertz CT molecular complexity index is 1050. The second-order valence-electron chi connectivity index (χ2n) is 8.75. The monoisotopic (exact) mass is 444 g/mol. The number of anilines is 1. The van der Waals surface area contributed by atoms with Crippen molar-refractivity contribution in [2.24, 2.45) is 5.92 Å². The predicted molar refractivity (Wildman–Crippen MR) is 131 cm³/mol. The molecule has 6 nitrogen and oxygen atoms in total. The first-order valence-electron chi connectivity index (χ1n) is 11.7. The van der Waals surface area contributed by atoms with Crippen LogP contribution in [0, 0.1) is 12.8 Å². The lowest BCUT2D eigenvalue weighted by molar-refractivity contribution is -0.126. The lowest BCUT2D eigenvalue weighted by Crippen LogP contribution is -2.43. The number of hydrogen-bond acceptors (Lipinski definition) is 5. The van der Waals surface area contributed by atoms with Gasteiger partial charge in [0.1, 0.15) is 5.75 Å². The predicted octanol–water partition coefficient (Wildman–Crippen LogP) is 4.93. The Morgan fingerprint density at radius 1 is 1.06 bits per heavy atom. The quantitative estimate of drug-likeness (QED) is 0.534. The molecule has 1 saturated heterocycles. The number of nitrogens with zero attached hydrogens (tertiary/aromatic N) is 3. The van der Waals surface area contributed by atoms with Crippen molar-refractivity contribution >= 4 is 11.7 Å². The molecule has 0 radical (unpaired) electrons. The van der Waals surface area contributed by atoms with Crippen LogP contribution in [0.1, 0.15) is 37.3 Å². The molecule has 1 aliphatic heterocycles. The number of ether oxygens (including phenoxy) is 1. The third-order valence-electron chi connectivity index (χ3n) is 6.21. The Morgan fingerprint density at radius 2 is 1.76 bits per heavy atom. The molecule has 1 amide bonds. The maximum absolute atomic E-state index is 12.8. The number of carbonyl (C=O) groups is 1. The summed E-state index contributed by atoms with van der Waals surface area (Å²) in [4.78, 5) is 24.0. The van der Waals surface area contributed by atoms with Gasteiger partial charge in [0.05, 0.1) is 0 Å². The molecule has 2 aromatic carbocycles. The summed E-state index contributed by atoms with van der Waals surface area (Å²) in [6.45, 7) is 5.60. The minimum Gasteiger partial charge on any atom is -0.436 e. The normalized spacial score (nSPS) is 15.2. The van der Waals surface area contributed by atoms with E-state index in [9.17, 15) is 4.79 Å². The van der Waals surface area contributed by atoms with Crippen LogP contribution in [0.2, 0.25) is 0 Å². The van der Waals surface area contributed by atoms with Crippen LogP contribution in [-0.4, -0.2) is 35.0 Å². The van der Waals surface area contributed by atoms with E-state index >= 15 is 0 Å². The molecular weight excluding hydrogens is 412 g/mol. The van der Waals surface area contributed by atoms with Crippen LogP contribution in [-0.2, 0) is 11.2 Å². The number of para-hydroxylation sites is 1. The van der Waals surface area contributed by atoms with E-state index in [-0.39, 0.29) is 17.9 Å². The van der Waals surface area contributed by atoms with Crippen molar-refractivity contribution in [3.8, 4) is 11.6 Å². The van der Waals surface area contributed by atoms with Crippen molar-refractivity contribution < 1.29 is 9.53 Å². The van der Waals surface area contributed by atoms with Gasteiger partial charge in [-0.3, -0.25) is 4.79 Å². The fourth-order valence-corrected chi connectivity index (χ4v) is 4.20. The van der Waals surface area contributed by atoms with Gasteiger partial charge in [-0.1, -0.05) is 48.5 Å². The van der Waals surface area contributed by atoms with E-state index in [1.807, 2.05) is 37.3 Å². The van der Waals surface area contributed by atoms with Crippen molar-refractivity contribution in [2.75, 3.05) is 18.0 Å². The largest absolute Gasteiger partial charge is 0.436 e. The molecule has 33 heavy (non-hydrogen) atoms. The molecule has 172 valence electrons. The zero-order chi connectivity index (χ0) is 23.0. The van der Waals surface area contributed by atoms with Crippen LogP contribution in [0.5, 0.6) is 11.6 Å². The van der Waals surface area contributed by atoms with Gasteiger partial charge >= 0.3 is 0 Å². The van der Waals surface area contributed by atoms with Crippen LogP contribution in [0.15, 0.2) is 67.0 Å². The molecule has 1 N–H and O–H groups in total. The highest BCUT2D eigenvalue weighted by Crippen LogP contribution is 2.32. The Morgan fingerprint density at radius 3 is 2.52 bits per heavy atom. The standard InChI is InChI=1S/C27H32N4O2/c1-20-8-6-7-11-24(20)33-27-25(28-16-17-29-27)31-18-14-23(15-19-31)26(32)30-21(2)12-13-22-9-4-3-5-10-22/h3-11,16-17,21,23H,12-15,18-19H2,1-2H3,(H,30,32). The molecule has 3 aromatic rings. The number of carbonyl (C=O) groups excluding carboxylic acids is 1. The first-order valence-corrected chi connectivity index (χ1v) is 11.7. The minimum atomic E-state index is 0.0258.